The molecule has 0 bridgehead atoms. The van der Waals surface area contributed by atoms with Crippen LogP contribution in [-0.2, 0) is 52.8 Å². The predicted molar refractivity (Wildman–Crippen MR) is 286 cm³/mol. The van der Waals surface area contributed by atoms with E-state index in [4.69, 9.17) is 42.0 Å². The summed E-state index contributed by atoms with van der Waals surface area (Å²) in [4.78, 5) is 94.3. The molecule has 0 saturated carbocycles. The second-order valence-corrected chi connectivity index (χ2v) is 19.4. The van der Waals surface area contributed by atoms with Gasteiger partial charge in [0.1, 0.15) is 54.3 Å². The van der Waals surface area contributed by atoms with Gasteiger partial charge in [-0.05, 0) is 69.0 Å². The van der Waals surface area contributed by atoms with Crippen LogP contribution in [0.1, 0.15) is 106 Å². The van der Waals surface area contributed by atoms with Crippen molar-refractivity contribution in [1.82, 2.24) is 16.0 Å². The van der Waals surface area contributed by atoms with Gasteiger partial charge in [0, 0.05) is 42.4 Å². The third-order valence-electron chi connectivity index (χ3n) is 13.6. The monoisotopic (exact) mass is 1140 g/mol. The number of hydrogen-bond acceptors (Lipinski definition) is 18. The van der Waals surface area contributed by atoms with E-state index < -0.39 is 138 Å². The summed E-state index contributed by atoms with van der Waals surface area (Å²) in [6.45, 7) is 1.84. The van der Waals surface area contributed by atoms with Gasteiger partial charge >= 0.3 is 6.09 Å². The number of amides is 4. The minimum atomic E-state index is -2.41. The first-order valence-corrected chi connectivity index (χ1v) is 24.9. The van der Waals surface area contributed by atoms with Crippen molar-refractivity contribution >= 4 is 83.3 Å². The number of aliphatic hydroxyl groups excluding tert-OH is 2. The number of phenols is 2. The molecule has 0 aromatic heterocycles. The number of methoxy groups -OCH3 is 1. The normalized spacial score (nSPS) is 21.3. The third-order valence-corrected chi connectivity index (χ3v) is 13.9. The molecule has 4 unspecified atom stereocenters. The lowest BCUT2D eigenvalue weighted by Gasteiger charge is -2.42. The highest BCUT2D eigenvalue weighted by molar-refractivity contribution is 6.34. The number of unbranched alkanes of at least 4 members (excludes halogenated alkanes) is 1. The van der Waals surface area contributed by atoms with E-state index in [2.05, 4.69) is 21.3 Å². The number of ketones is 3. The number of alkyl carbamates (subject to hydrolysis) is 1. The predicted octanol–water partition coefficient (Wildman–Crippen LogP) is 3.09. The number of carbonyl (C=O) groups excluding carboxylic acids is 7. The summed E-state index contributed by atoms with van der Waals surface area (Å²) in [7, 11) is 1.29. The number of fused-ring (bicyclic) bond motifs is 3. The average Bonchev–Trinajstić information content (AvgIpc) is 3.39. The van der Waals surface area contributed by atoms with Crippen LogP contribution in [0, 0.1) is 0 Å². The molecule has 0 spiro atoms. The van der Waals surface area contributed by atoms with Crippen molar-refractivity contribution in [1.29, 1.82) is 0 Å². The van der Waals surface area contributed by atoms with Crippen molar-refractivity contribution in [2.75, 3.05) is 25.6 Å². The number of Topliss-reactive ketones (excluding diaryl/α,β-unsaturated/α-hetero) is 1. The number of halogens is 3. The lowest BCUT2D eigenvalue weighted by atomic mass is 9.72. The molecule has 4 aromatic carbocycles. The number of carbonyl (C=O) groups is 7. The molecule has 25 heteroatoms. The van der Waals surface area contributed by atoms with E-state index in [1.165, 1.54) is 57.4 Å². The molecule has 9 atom stereocenters. The first-order chi connectivity index (χ1) is 36.2. The van der Waals surface area contributed by atoms with Gasteiger partial charge in [-0.1, -0.05) is 60.1 Å². The Morgan fingerprint density at radius 3 is 2.23 bits per heavy atom. The average molecular weight is 1150 g/mol. The second-order valence-electron chi connectivity index (χ2n) is 19.0. The zero-order valence-corrected chi connectivity index (χ0v) is 45.0. The molecule has 1 heterocycles. The van der Waals surface area contributed by atoms with E-state index >= 15 is 0 Å². The van der Waals surface area contributed by atoms with Crippen molar-refractivity contribution in [2.45, 2.75) is 120 Å². The molecule has 1 fully saturated rings. The number of ether oxygens (including phenoxy) is 4. The molecule has 22 nitrogen and oxygen atoms in total. The molecule has 4 aromatic rings. The Balaban J connectivity index is 0.00000560. The fourth-order valence-electron chi connectivity index (χ4n) is 9.57. The Labute approximate surface area is 465 Å². The summed E-state index contributed by atoms with van der Waals surface area (Å²) in [5.74, 6) is -6.10. The molecule has 3 aliphatic rings. The molecular formula is C53H63Cl3N6O16. The van der Waals surface area contributed by atoms with E-state index in [0.29, 0.717) is 24.9 Å². The van der Waals surface area contributed by atoms with E-state index in [1.54, 1.807) is 24.3 Å². The van der Waals surface area contributed by atoms with E-state index in [-0.39, 0.29) is 89.4 Å². The first-order valence-electron chi connectivity index (χ1n) is 24.6. The zero-order chi connectivity index (χ0) is 55.2. The fraction of sp³-hybridized carbons (Fsp3) is 0.415. The lowest BCUT2D eigenvalue weighted by Crippen LogP contribution is -2.56. The standard InChI is InChI=1S/C53H61ClN6O16.2ClH/c1-25(56)49(68)59-35(19-27-10-5-4-6-11-27)51(70)58-33(13-7-8-17-55)50(69)57-32-16-15-28(18-31(32)54)24-74-52(71)60-34-20-39(75-26(2)44(34)63)76-37-22-53(72,38(62)23-61)21-30-41(37)48(67)43-42(46(30)65)45(64)29-12-9-14-36(73-3)40(29)47(43)66;;/h4-6,9-12,14-16,18,25-26,33-35,37,39,44,61,63,65,67,72H,7-8,13,17,19-24,55-56H2,1-3H3,(H,57,69)(H,58,70)(H,59,68)(H,60,71);2*1H/t25-,26?,33+,34?,35+,37+,39?,44?,53+;;/m1../s1. The van der Waals surface area contributed by atoms with Crippen LogP contribution < -0.4 is 37.5 Å². The molecule has 7 rings (SSSR count). The van der Waals surface area contributed by atoms with Crippen molar-refractivity contribution < 1.29 is 78.0 Å². The minimum absolute atomic E-state index is 0. The number of nitrogens with two attached hydrogens (primary N) is 2. The SMILES string of the molecule is COc1cccc2c1C(=O)c1c(O)c3c(c(O)c1C2=O)C[C@@](O)(C(=O)CO)C[C@@H]3OC1CC(NC(=O)OCc2ccc(NC(=O)[C@H](CCCCN)NC(=O)[C@H](Cc3ccccc3)NC(=O)[C@@H](C)N)c(Cl)c2)C(O)C(C)O1.Cl.Cl. The van der Waals surface area contributed by atoms with Crippen LogP contribution >= 0.6 is 36.4 Å². The highest BCUT2D eigenvalue weighted by Crippen LogP contribution is 2.52. The molecular weight excluding hydrogens is 1080 g/mol. The number of aliphatic hydroxyl groups is 3. The molecule has 4 amide bonds. The van der Waals surface area contributed by atoms with E-state index in [1.807, 2.05) is 6.07 Å². The Kier molecular flexibility index (Phi) is 21.6. The zero-order valence-electron chi connectivity index (χ0n) is 42.6. The minimum Gasteiger partial charge on any atom is -0.507 e. The smallest absolute Gasteiger partial charge is 0.407 e. The molecule has 13 N–H and O–H groups in total. The van der Waals surface area contributed by atoms with Crippen LogP contribution in [0.15, 0.2) is 66.7 Å². The van der Waals surface area contributed by atoms with Crippen LogP contribution in [0.3, 0.4) is 0 Å². The van der Waals surface area contributed by atoms with Crippen molar-refractivity contribution in [3.8, 4) is 17.2 Å². The van der Waals surface area contributed by atoms with Crippen LogP contribution in [-0.4, -0.2) is 135 Å². The van der Waals surface area contributed by atoms with Gasteiger partial charge in [0.15, 0.2) is 17.9 Å². The van der Waals surface area contributed by atoms with Crippen LogP contribution in [0.25, 0.3) is 0 Å². The summed E-state index contributed by atoms with van der Waals surface area (Å²) in [6.07, 6.45) is -6.53. The summed E-state index contributed by atoms with van der Waals surface area (Å²) in [5, 5.41) is 67.0. The van der Waals surface area contributed by atoms with Gasteiger partial charge in [-0.3, -0.25) is 28.8 Å². The number of rotatable bonds is 20. The van der Waals surface area contributed by atoms with Crippen LogP contribution in [0.4, 0.5) is 10.5 Å². The summed E-state index contributed by atoms with van der Waals surface area (Å²) >= 11 is 6.61. The Morgan fingerprint density at radius 1 is 0.885 bits per heavy atom. The van der Waals surface area contributed by atoms with Crippen molar-refractivity contribution in [3.05, 3.63) is 116 Å². The molecule has 1 aliphatic heterocycles. The van der Waals surface area contributed by atoms with Crippen molar-refractivity contribution in [3.63, 3.8) is 0 Å². The Bertz CT molecular complexity index is 2900. The largest absolute Gasteiger partial charge is 0.507 e. The van der Waals surface area contributed by atoms with Crippen molar-refractivity contribution in [2.24, 2.45) is 11.5 Å². The first kappa shape index (κ1) is 62.4. The highest BCUT2D eigenvalue weighted by Gasteiger charge is 2.50. The van der Waals surface area contributed by atoms with Gasteiger partial charge < -0.3 is 77.2 Å². The van der Waals surface area contributed by atoms with E-state index in [9.17, 15) is 59.1 Å². The third kappa shape index (κ3) is 13.7. The van der Waals surface area contributed by atoms with Gasteiger partial charge in [-0.15, -0.1) is 24.8 Å². The molecule has 78 heavy (non-hydrogen) atoms. The molecule has 0 radical (unpaired) electrons. The van der Waals surface area contributed by atoms with Gasteiger partial charge in [0.2, 0.25) is 23.5 Å². The second kappa shape index (κ2) is 26.9. The summed E-state index contributed by atoms with van der Waals surface area (Å²) < 4.78 is 23.0. The van der Waals surface area contributed by atoms with E-state index in [0.717, 1.165) is 5.56 Å². The number of hydrogen-bond donors (Lipinski definition) is 11. The molecule has 1 saturated heterocycles. The van der Waals surface area contributed by atoms with Gasteiger partial charge in [0.25, 0.3) is 0 Å². The maximum atomic E-state index is 14.1. The summed E-state index contributed by atoms with van der Waals surface area (Å²) in [6, 6.07) is 13.5. The van der Waals surface area contributed by atoms with Gasteiger partial charge in [-0.2, -0.15) is 0 Å². The number of anilines is 1. The highest BCUT2D eigenvalue weighted by atomic mass is 35.5. The van der Waals surface area contributed by atoms with Gasteiger partial charge in [-0.25, -0.2) is 4.79 Å². The maximum Gasteiger partial charge on any atom is 0.407 e. The number of phenolic OH excluding ortho intramolecular Hbond substituents is 2. The Hall–Kier alpha value is -6.44. The van der Waals surface area contributed by atoms with Crippen LogP contribution in [0.5, 0.6) is 17.2 Å². The Morgan fingerprint density at radius 2 is 1.58 bits per heavy atom. The lowest BCUT2D eigenvalue weighted by molar-refractivity contribution is -0.249. The fourth-order valence-corrected chi connectivity index (χ4v) is 9.82. The topological polar surface area (TPSA) is 358 Å². The number of aromatic hydroxyl groups is 2. The van der Waals surface area contributed by atoms with Gasteiger partial charge in [0.05, 0.1) is 58.8 Å². The maximum absolute atomic E-state index is 14.1. The molecule has 422 valence electrons. The number of benzene rings is 4. The molecule has 2 aliphatic carbocycles. The quantitative estimate of drug-likeness (QED) is 0.0394. The number of nitrogens with one attached hydrogen (secondary N) is 4. The summed E-state index contributed by atoms with van der Waals surface area (Å²) in [5.41, 5.74) is 8.41. The van der Waals surface area contributed by atoms with Crippen LogP contribution in [0.2, 0.25) is 5.02 Å².